The molecule has 2 nitrogen and oxygen atoms in total. The molecule has 0 N–H and O–H groups in total. The molecule has 0 bridgehead atoms. The maximum Gasteiger partial charge on any atom is 0.397 e. The molecule has 0 aromatic heterocycles. The fourth-order valence-electron chi connectivity index (χ4n) is 1.02. The summed E-state index contributed by atoms with van der Waals surface area (Å²) in [5.41, 5.74) is 0. The van der Waals surface area contributed by atoms with Gasteiger partial charge in [-0.15, -0.1) is 0 Å². The standard InChI is InChI=1S/C10H13F5O2/c1-4-8(16)17-5-6(2)9(11,12)7(3)10(13,14)15/h4,6-7H,1,5H2,2-3H3. The molecule has 0 rings (SSSR count). The minimum absolute atomic E-state index is 0.395. The third-order valence-electron chi connectivity index (χ3n) is 2.37. The van der Waals surface area contributed by atoms with Gasteiger partial charge < -0.3 is 4.74 Å². The van der Waals surface area contributed by atoms with Gasteiger partial charge in [0.2, 0.25) is 0 Å². The topological polar surface area (TPSA) is 26.3 Å². The van der Waals surface area contributed by atoms with Gasteiger partial charge in [0.05, 0.1) is 12.5 Å². The predicted octanol–water partition coefficient (Wildman–Crippen LogP) is 3.19. The summed E-state index contributed by atoms with van der Waals surface area (Å²) >= 11 is 0. The van der Waals surface area contributed by atoms with Crippen LogP contribution in [-0.2, 0) is 9.53 Å². The van der Waals surface area contributed by atoms with Crippen molar-refractivity contribution >= 4 is 5.97 Å². The lowest BCUT2D eigenvalue weighted by Crippen LogP contribution is -2.43. The molecular weight excluding hydrogens is 247 g/mol. The van der Waals surface area contributed by atoms with Crippen molar-refractivity contribution in [3.05, 3.63) is 12.7 Å². The van der Waals surface area contributed by atoms with Gasteiger partial charge in [0, 0.05) is 6.08 Å². The first kappa shape index (κ1) is 15.9. The quantitative estimate of drug-likeness (QED) is 0.431. The van der Waals surface area contributed by atoms with Crippen LogP contribution in [0.15, 0.2) is 12.7 Å². The van der Waals surface area contributed by atoms with E-state index in [0.29, 0.717) is 6.92 Å². The lowest BCUT2D eigenvalue weighted by atomic mass is 9.92. The highest BCUT2D eigenvalue weighted by molar-refractivity contribution is 5.81. The van der Waals surface area contributed by atoms with Crippen LogP contribution in [0.2, 0.25) is 0 Å². The van der Waals surface area contributed by atoms with Gasteiger partial charge in [-0.3, -0.25) is 0 Å². The Morgan fingerprint density at radius 2 is 1.76 bits per heavy atom. The van der Waals surface area contributed by atoms with Crippen molar-refractivity contribution in [1.82, 2.24) is 0 Å². The zero-order valence-electron chi connectivity index (χ0n) is 9.35. The molecule has 7 heteroatoms. The van der Waals surface area contributed by atoms with E-state index < -0.39 is 36.5 Å². The smallest absolute Gasteiger partial charge is 0.397 e. The number of alkyl halides is 5. The van der Waals surface area contributed by atoms with E-state index in [2.05, 4.69) is 11.3 Å². The summed E-state index contributed by atoms with van der Waals surface area (Å²) in [5, 5.41) is 0. The Balaban J connectivity index is 4.59. The van der Waals surface area contributed by atoms with Gasteiger partial charge in [-0.25, -0.2) is 13.6 Å². The molecule has 0 saturated heterocycles. The maximum absolute atomic E-state index is 13.3. The van der Waals surface area contributed by atoms with Gasteiger partial charge in [-0.1, -0.05) is 13.5 Å². The van der Waals surface area contributed by atoms with E-state index in [1.807, 2.05) is 0 Å². The van der Waals surface area contributed by atoms with E-state index in [-0.39, 0.29) is 0 Å². The number of hydrogen-bond acceptors (Lipinski definition) is 2. The first-order chi connectivity index (χ1) is 7.53. The molecule has 2 unspecified atom stereocenters. The van der Waals surface area contributed by atoms with E-state index in [9.17, 15) is 26.7 Å². The van der Waals surface area contributed by atoms with Crippen LogP contribution in [0.25, 0.3) is 0 Å². The molecule has 0 heterocycles. The first-order valence-corrected chi connectivity index (χ1v) is 4.77. The lowest BCUT2D eigenvalue weighted by molar-refractivity contribution is -0.250. The second kappa shape index (κ2) is 5.46. The molecule has 0 aromatic carbocycles. The molecule has 0 aliphatic rings. The van der Waals surface area contributed by atoms with Crippen molar-refractivity contribution in [3.8, 4) is 0 Å². The summed E-state index contributed by atoms with van der Waals surface area (Å²) in [7, 11) is 0. The molecule has 17 heavy (non-hydrogen) atoms. The molecule has 0 amide bonds. The van der Waals surface area contributed by atoms with Crippen LogP contribution in [0.3, 0.4) is 0 Å². The highest BCUT2D eigenvalue weighted by Gasteiger charge is 2.55. The van der Waals surface area contributed by atoms with Crippen LogP contribution in [0.5, 0.6) is 0 Å². The van der Waals surface area contributed by atoms with Crippen LogP contribution < -0.4 is 0 Å². The number of rotatable bonds is 5. The van der Waals surface area contributed by atoms with Crippen molar-refractivity contribution in [1.29, 1.82) is 0 Å². The van der Waals surface area contributed by atoms with Crippen LogP contribution in [0, 0.1) is 11.8 Å². The van der Waals surface area contributed by atoms with Crippen molar-refractivity contribution in [2.75, 3.05) is 6.61 Å². The molecule has 0 aliphatic heterocycles. The van der Waals surface area contributed by atoms with Crippen LogP contribution >= 0.6 is 0 Å². The first-order valence-electron chi connectivity index (χ1n) is 4.77. The normalized spacial score (nSPS) is 16.2. The highest BCUT2D eigenvalue weighted by atomic mass is 19.4. The van der Waals surface area contributed by atoms with Gasteiger partial charge in [-0.2, -0.15) is 13.2 Å². The Morgan fingerprint density at radius 1 is 1.29 bits per heavy atom. The maximum atomic E-state index is 13.3. The SMILES string of the molecule is C=CC(=O)OCC(C)C(F)(F)C(C)C(F)(F)F. The van der Waals surface area contributed by atoms with Gasteiger partial charge in [0.15, 0.2) is 0 Å². The van der Waals surface area contributed by atoms with Crippen molar-refractivity contribution in [3.63, 3.8) is 0 Å². The molecular formula is C10H13F5O2. The average Bonchev–Trinajstić information content (AvgIpc) is 2.22. The summed E-state index contributed by atoms with van der Waals surface area (Å²) in [6, 6.07) is 0. The highest BCUT2D eigenvalue weighted by Crippen LogP contribution is 2.42. The summed E-state index contributed by atoms with van der Waals surface area (Å²) in [6.07, 6.45) is -4.25. The van der Waals surface area contributed by atoms with Crippen LogP contribution in [-0.4, -0.2) is 24.7 Å². The Morgan fingerprint density at radius 3 is 2.12 bits per heavy atom. The zero-order valence-corrected chi connectivity index (χ0v) is 9.35. The Hall–Kier alpha value is -1.14. The number of halogens is 5. The number of hydrogen-bond donors (Lipinski definition) is 0. The Labute approximate surface area is 95.4 Å². The van der Waals surface area contributed by atoms with Gasteiger partial charge in [0.1, 0.15) is 5.92 Å². The number of carbonyl (C=O) groups excluding carboxylic acids is 1. The largest absolute Gasteiger partial charge is 0.462 e. The fourth-order valence-corrected chi connectivity index (χ4v) is 1.02. The van der Waals surface area contributed by atoms with Crippen molar-refractivity contribution in [2.45, 2.75) is 25.9 Å². The number of ether oxygens (including phenoxy) is 1. The van der Waals surface area contributed by atoms with Gasteiger partial charge in [-0.05, 0) is 6.92 Å². The minimum Gasteiger partial charge on any atom is -0.462 e. The summed E-state index contributed by atoms with van der Waals surface area (Å²) in [6.45, 7) is 3.52. The van der Waals surface area contributed by atoms with E-state index in [0.717, 1.165) is 13.0 Å². The Bertz CT molecular complexity index is 285. The minimum atomic E-state index is -5.00. The number of esters is 1. The van der Waals surface area contributed by atoms with E-state index >= 15 is 0 Å². The number of carbonyl (C=O) groups is 1. The van der Waals surface area contributed by atoms with Crippen LogP contribution in [0.1, 0.15) is 13.8 Å². The third-order valence-corrected chi connectivity index (χ3v) is 2.37. The van der Waals surface area contributed by atoms with Crippen LogP contribution in [0.4, 0.5) is 22.0 Å². The molecule has 0 spiro atoms. The zero-order chi connectivity index (χ0) is 13.9. The van der Waals surface area contributed by atoms with Crippen molar-refractivity contribution in [2.24, 2.45) is 11.8 Å². The monoisotopic (exact) mass is 260 g/mol. The predicted molar refractivity (Wildman–Crippen MR) is 50.5 cm³/mol. The molecule has 0 saturated carbocycles. The lowest BCUT2D eigenvalue weighted by Gasteiger charge is -2.30. The molecule has 2 atom stereocenters. The Kier molecular flexibility index (Phi) is 5.10. The van der Waals surface area contributed by atoms with E-state index in [1.165, 1.54) is 0 Å². The molecule has 0 fully saturated rings. The van der Waals surface area contributed by atoms with Gasteiger partial charge in [0.25, 0.3) is 5.92 Å². The molecule has 0 aromatic rings. The summed E-state index contributed by atoms with van der Waals surface area (Å²) in [5.74, 6) is -9.48. The van der Waals surface area contributed by atoms with E-state index in [1.54, 1.807) is 0 Å². The summed E-state index contributed by atoms with van der Waals surface area (Å²) in [4.78, 5) is 10.6. The second-order valence-corrected chi connectivity index (χ2v) is 3.67. The second-order valence-electron chi connectivity index (χ2n) is 3.67. The molecule has 0 aliphatic carbocycles. The van der Waals surface area contributed by atoms with Crippen molar-refractivity contribution < 1.29 is 31.5 Å². The summed E-state index contributed by atoms with van der Waals surface area (Å²) < 4.78 is 67.4. The van der Waals surface area contributed by atoms with Gasteiger partial charge >= 0.3 is 12.1 Å². The average molecular weight is 260 g/mol. The fraction of sp³-hybridized carbons (Fsp3) is 0.700. The molecule has 0 radical (unpaired) electrons. The molecule has 100 valence electrons. The van der Waals surface area contributed by atoms with E-state index in [4.69, 9.17) is 0 Å². The third kappa shape index (κ3) is 4.32.